The Labute approximate surface area is 112 Å². The largest absolute Gasteiger partial charge is 0.324 e. The molecule has 0 bridgehead atoms. The van der Waals surface area contributed by atoms with E-state index in [0.29, 0.717) is 12.8 Å². The smallest absolute Gasteiger partial charge is 0.245 e. The van der Waals surface area contributed by atoms with Crippen molar-refractivity contribution in [3.8, 4) is 0 Å². The fourth-order valence-corrected chi connectivity index (χ4v) is 2.57. The third-order valence-electron chi connectivity index (χ3n) is 3.59. The van der Waals surface area contributed by atoms with E-state index in [2.05, 4.69) is 5.32 Å². The van der Waals surface area contributed by atoms with E-state index in [4.69, 9.17) is 5.73 Å². The first-order valence-corrected chi connectivity index (χ1v) is 6.40. The average molecular weight is 252 g/mol. The molecule has 2 aromatic carbocycles. The lowest BCUT2D eigenvalue weighted by molar-refractivity contribution is -0.121. The van der Waals surface area contributed by atoms with Crippen LogP contribution in [0.25, 0.3) is 0 Å². The lowest BCUT2D eigenvalue weighted by atomic mass is 9.82. The fourth-order valence-electron chi connectivity index (χ4n) is 2.57. The average Bonchev–Trinajstić information content (AvgIpc) is 2.41. The molecule has 0 fully saturated rings. The SMILES string of the molecule is N[C@@]1(Cc2ccccc2)Cc2ccccc2NC1=O. The summed E-state index contributed by atoms with van der Waals surface area (Å²) in [5.41, 5.74) is 8.53. The number of fused-ring (bicyclic) bond motifs is 1. The summed E-state index contributed by atoms with van der Waals surface area (Å²) in [6, 6.07) is 17.7. The summed E-state index contributed by atoms with van der Waals surface area (Å²) in [7, 11) is 0. The first kappa shape index (κ1) is 11.9. The Morgan fingerprint density at radius 3 is 2.53 bits per heavy atom. The minimum Gasteiger partial charge on any atom is -0.324 e. The maximum Gasteiger partial charge on any atom is 0.245 e. The first-order chi connectivity index (χ1) is 9.17. The van der Waals surface area contributed by atoms with Crippen LogP contribution in [0.15, 0.2) is 54.6 Å². The van der Waals surface area contributed by atoms with Gasteiger partial charge < -0.3 is 11.1 Å². The number of carbonyl (C=O) groups excluding carboxylic acids is 1. The molecule has 0 spiro atoms. The second kappa shape index (κ2) is 4.52. The summed E-state index contributed by atoms with van der Waals surface area (Å²) >= 11 is 0. The summed E-state index contributed by atoms with van der Waals surface area (Å²) in [5.74, 6) is -0.102. The molecular formula is C16H16N2O. The van der Waals surface area contributed by atoms with Crippen molar-refractivity contribution in [3.05, 3.63) is 65.7 Å². The third-order valence-corrected chi connectivity index (χ3v) is 3.59. The summed E-state index contributed by atoms with van der Waals surface area (Å²) in [6.45, 7) is 0. The minimum absolute atomic E-state index is 0.102. The van der Waals surface area contributed by atoms with Crippen LogP contribution in [0.5, 0.6) is 0 Å². The van der Waals surface area contributed by atoms with E-state index in [0.717, 1.165) is 16.8 Å². The zero-order valence-electron chi connectivity index (χ0n) is 10.6. The minimum atomic E-state index is -0.865. The van der Waals surface area contributed by atoms with E-state index in [1.165, 1.54) is 0 Å². The highest BCUT2D eigenvalue weighted by molar-refractivity contribution is 6.01. The van der Waals surface area contributed by atoms with E-state index >= 15 is 0 Å². The van der Waals surface area contributed by atoms with Crippen molar-refractivity contribution in [1.82, 2.24) is 0 Å². The van der Waals surface area contributed by atoms with Crippen LogP contribution >= 0.6 is 0 Å². The molecule has 1 amide bonds. The Morgan fingerprint density at radius 1 is 1.05 bits per heavy atom. The summed E-state index contributed by atoms with van der Waals surface area (Å²) in [4.78, 5) is 12.2. The van der Waals surface area contributed by atoms with Gasteiger partial charge in [0.1, 0.15) is 5.54 Å². The van der Waals surface area contributed by atoms with Crippen LogP contribution in [0.2, 0.25) is 0 Å². The molecule has 19 heavy (non-hydrogen) atoms. The predicted octanol–water partition coefficient (Wildman–Crippen LogP) is 2.12. The molecule has 3 heteroatoms. The quantitative estimate of drug-likeness (QED) is 0.860. The number of benzene rings is 2. The van der Waals surface area contributed by atoms with Crippen molar-refractivity contribution in [2.75, 3.05) is 5.32 Å². The highest BCUT2D eigenvalue weighted by atomic mass is 16.2. The van der Waals surface area contributed by atoms with Gasteiger partial charge in [-0.1, -0.05) is 48.5 Å². The van der Waals surface area contributed by atoms with Crippen LogP contribution in [0.1, 0.15) is 11.1 Å². The van der Waals surface area contributed by atoms with E-state index in [1.54, 1.807) is 0 Å². The number of amides is 1. The molecule has 3 rings (SSSR count). The molecule has 0 saturated carbocycles. The van der Waals surface area contributed by atoms with Crippen molar-refractivity contribution in [2.45, 2.75) is 18.4 Å². The van der Waals surface area contributed by atoms with Crippen LogP contribution in [0, 0.1) is 0 Å². The molecule has 1 heterocycles. The lowest BCUT2D eigenvalue weighted by Gasteiger charge is -2.33. The van der Waals surface area contributed by atoms with Gasteiger partial charge in [-0.05, 0) is 23.6 Å². The fraction of sp³-hybridized carbons (Fsp3) is 0.188. The standard InChI is InChI=1S/C16H16N2O/c17-16(10-12-6-2-1-3-7-12)11-13-8-4-5-9-14(13)18-15(16)19/h1-9H,10-11,17H2,(H,18,19)/t16-/m0/s1. The number of hydrogen-bond donors (Lipinski definition) is 2. The molecule has 0 aliphatic carbocycles. The summed E-state index contributed by atoms with van der Waals surface area (Å²) in [5, 5.41) is 2.91. The number of hydrogen-bond acceptors (Lipinski definition) is 2. The molecule has 1 aliphatic heterocycles. The van der Waals surface area contributed by atoms with E-state index < -0.39 is 5.54 Å². The van der Waals surface area contributed by atoms with Crippen LogP contribution in [0.3, 0.4) is 0 Å². The second-order valence-electron chi connectivity index (χ2n) is 5.11. The van der Waals surface area contributed by atoms with Crippen LogP contribution < -0.4 is 11.1 Å². The zero-order valence-corrected chi connectivity index (χ0v) is 10.6. The topological polar surface area (TPSA) is 55.1 Å². The molecule has 0 radical (unpaired) electrons. The lowest BCUT2D eigenvalue weighted by Crippen LogP contribution is -2.56. The highest BCUT2D eigenvalue weighted by Crippen LogP contribution is 2.28. The van der Waals surface area contributed by atoms with Crippen molar-refractivity contribution >= 4 is 11.6 Å². The molecule has 1 atom stereocenters. The zero-order chi connectivity index (χ0) is 13.3. The molecule has 3 nitrogen and oxygen atoms in total. The van der Waals surface area contributed by atoms with Gasteiger partial charge in [0.25, 0.3) is 0 Å². The molecule has 2 aromatic rings. The van der Waals surface area contributed by atoms with E-state index in [9.17, 15) is 4.79 Å². The first-order valence-electron chi connectivity index (χ1n) is 6.40. The van der Waals surface area contributed by atoms with E-state index in [-0.39, 0.29) is 5.91 Å². The third kappa shape index (κ3) is 2.25. The molecule has 1 aliphatic rings. The van der Waals surface area contributed by atoms with Gasteiger partial charge in [0.15, 0.2) is 0 Å². The Morgan fingerprint density at radius 2 is 1.74 bits per heavy atom. The Balaban J connectivity index is 1.91. The van der Waals surface area contributed by atoms with Crippen LogP contribution in [-0.2, 0) is 17.6 Å². The number of carbonyl (C=O) groups is 1. The monoisotopic (exact) mass is 252 g/mol. The molecule has 3 N–H and O–H groups in total. The Bertz CT molecular complexity index is 609. The molecule has 0 unspecified atom stereocenters. The van der Waals surface area contributed by atoms with Gasteiger partial charge in [-0.25, -0.2) is 0 Å². The van der Waals surface area contributed by atoms with Crippen molar-refractivity contribution in [2.24, 2.45) is 5.73 Å². The van der Waals surface area contributed by atoms with Gasteiger partial charge in [0.2, 0.25) is 5.91 Å². The van der Waals surface area contributed by atoms with Crippen LogP contribution in [-0.4, -0.2) is 11.4 Å². The molecule has 0 saturated heterocycles. The predicted molar refractivity (Wildman–Crippen MR) is 75.8 cm³/mol. The van der Waals surface area contributed by atoms with Gasteiger partial charge in [-0.15, -0.1) is 0 Å². The highest BCUT2D eigenvalue weighted by Gasteiger charge is 2.38. The summed E-state index contributed by atoms with van der Waals surface area (Å²) in [6.07, 6.45) is 1.12. The van der Waals surface area contributed by atoms with Crippen molar-refractivity contribution in [3.63, 3.8) is 0 Å². The van der Waals surface area contributed by atoms with E-state index in [1.807, 2.05) is 54.6 Å². The Kier molecular flexibility index (Phi) is 2.84. The van der Waals surface area contributed by atoms with Gasteiger partial charge in [0, 0.05) is 12.1 Å². The van der Waals surface area contributed by atoms with Crippen molar-refractivity contribution < 1.29 is 4.79 Å². The number of rotatable bonds is 2. The Hall–Kier alpha value is -2.13. The number of nitrogens with one attached hydrogen (secondary N) is 1. The van der Waals surface area contributed by atoms with Gasteiger partial charge in [0.05, 0.1) is 0 Å². The maximum absolute atomic E-state index is 12.2. The van der Waals surface area contributed by atoms with Crippen LogP contribution in [0.4, 0.5) is 5.69 Å². The van der Waals surface area contributed by atoms with Gasteiger partial charge in [-0.2, -0.15) is 0 Å². The number of para-hydroxylation sites is 1. The normalized spacial score (nSPS) is 21.6. The molecule has 0 aromatic heterocycles. The number of nitrogens with two attached hydrogens (primary N) is 1. The van der Waals surface area contributed by atoms with Gasteiger partial charge >= 0.3 is 0 Å². The number of anilines is 1. The molecular weight excluding hydrogens is 236 g/mol. The second-order valence-corrected chi connectivity index (χ2v) is 5.11. The molecule has 96 valence electrons. The maximum atomic E-state index is 12.2. The van der Waals surface area contributed by atoms with Crippen molar-refractivity contribution in [1.29, 1.82) is 0 Å². The van der Waals surface area contributed by atoms with Gasteiger partial charge in [-0.3, -0.25) is 4.79 Å². The summed E-state index contributed by atoms with van der Waals surface area (Å²) < 4.78 is 0.